The third kappa shape index (κ3) is 4.14. The summed E-state index contributed by atoms with van der Waals surface area (Å²) in [6, 6.07) is 16.0. The Morgan fingerprint density at radius 2 is 1.79 bits per heavy atom. The number of nitriles is 1. The van der Waals surface area contributed by atoms with Crippen LogP contribution in [0.2, 0.25) is 10.0 Å². The minimum atomic E-state index is -1.37. The number of anilines is 1. The van der Waals surface area contributed by atoms with E-state index >= 15 is 0 Å². The van der Waals surface area contributed by atoms with Crippen molar-refractivity contribution in [1.29, 1.82) is 5.26 Å². The molecule has 39 heavy (non-hydrogen) atoms. The largest absolute Gasteiger partial charge is 0.492 e. The van der Waals surface area contributed by atoms with Crippen molar-refractivity contribution >= 4 is 40.7 Å². The first-order valence-corrected chi connectivity index (χ1v) is 13.4. The maximum absolute atomic E-state index is 14.6. The Morgan fingerprint density at radius 1 is 1.05 bits per heavy atom. The van der Waals surface area contributed by atoms with Gasteiger partial charge in [-0.2, -0.15) is 5.26 Å². The second-order valence-corrected chi connectivity index (χ2v) is 11.5. The summed E-state index contributed by atoms with van der Waals surface area (Å²) in [5.74, 6) is -1.40. The van der Waals surface area contributed by atoms with Crippen molar-refractivity contribution in [3.8, 4) is 11.8 Å². The standard InChI is InChI=1S/C30H24Cl2FN3O3/c1-16-2-5-19(33)12-20(16)27-30(22-6-3-18(32)11-24(22)35-28(30)38)23(13-26(37)36-27)21-10-17(31)4-7-25(21)39-15-29(14-34)8-9-29/h2-7,10-12,23,27H,8-9,13,15H2,1H3,(H,35,38)(H,36,37). The van der Waals surface area contributed by atoms with Crippen molar-refractivity contribution < 1.29 is 18.7 Å². The van der Waals surface area contributed by atoms with E-state index in [-0.39, 0.29) is 24.8 Å². The number of rotatable bonds is 5. The summed E-state index contributed by atoms with van der Waals surface area (Å²) in [5, 5.41) is 16.4. The molecule has 3 aromatic carbocycles. The highest BCUT2D eigenvalue weighted by Crippen LogP contribution is 2.59. The first-order valence-electron chi connectivity index (χ1n) is 12.7. The van der Waals surface area contributed by atoms with Crippen molar-refractivity contribution in [2.45, 2.75) is 43.6 Å². The minimum Gasteiger partial charge on any atom is -0.492 e. The average Bonchev–Trinajstić information content (AvgIpc) is 3.64. The van der Waals surface area contributed by atoms with Crippen LogP contribution in [0.4, 0.5) is 10.1 Å². The average molecular weight is 564 g/mol. The summed E-state index contributed by atoms with van der Waals surface area (Å²) < 4.78 is 20.8. The van der Waals surface area contributed by atoms with Crippen LogP contribution in [0.1, 0.15) is 53.5 Å². The van der Waals surface area contributed by atoms with Crippen LogP contribution in [-0.2, 0) is 15.0 Å². The van der Waals surface area contributed by atoms with Gasteiger partial charge in [-0.3, -0.25) is 9.59 Å². The van der Waals surface area contributed by atoms with Gasteiger partial charge in [0, 0.05) is 33.6 Å². The normalized spacial score (nSPS) is 24.5. The third-order valence-corrected chi connectivity index (χ3v) is 8.72. The zero-order chi connectivity index (χ0) is 27.5. The molecule has 2 fully saturated rings. The Balaban J connectivity index is 1.59. The Morgan fingerprint density at radius 3 is 2.54 bits per heavy atom. The molecule has 6 rings (SSSR count). The van der Waals surface area contributed by atoms with Crippen molar-refractivity contribution in [3.63, 3.8) is 0 Å². The van der Waals surface area contributed by atoms with Crippen LogP contribution in [-0.4, -0.2) is 18.4 Å². The summed E-state index contributed by atoms with van der Waals surface area (Å²) in [5.41, 5.74) is 1.05. The predicted molar refractivity (Wildman–Crippen MR) is 145 cm³/mol. The molecule has 2 aliphatic heterocycles. The first-order chi connectivity index (χ1) is 18.7. The molecule has 3 aromatic rings. The van der Waals surface area contributed by atoms with E-state index in [0.29, 0.717) is 38.2 Å². The van der Waals surface area contributed by atoms with Gasteiger partial charge in [-0.1, -0.05) is 35.3 Å². The molecule has 1 saturated heterocycles. The van der Waals surface area contributed by atoms with E-state index < -0.39 is 28.6 Å². The van der Waals surface area contributed by atoms with Gasteiger partial charge in [-0.05, 0) is 78.9 Å². The van der Waals surface area contributed by atoms with Crippen LogP contribution in [0.15, 0.2) is 54.6 Å². The SMILES string of the molecule is Cc1ccc(F)cc1C1NC(=O)CC(c2cc(Cl)ccc2OCC2(C#N)CC2)C12C(=O)Nc1cc(Cl)ccc12. The molecule has 1 saturated carbocycles. The topological polar surface area (TPSA) is 91.2 Å². The van der Waals surface area contributed by atoms with Gasteiger partial charge in [-0.25, -0.2) is 4.39 Å². The number of amides is 2. The number of aryl methyl sites for hydroxylation is 1. The number of carbonyl (C=O) groups is 2. The van der Waals surface area contributed by atoms with Crippen LogP contribution in [0.3, 0.4) is 0 Å². The lowest BCUT2D eigenvalue weighted by Crippen LogP contribution is -2.57. The second kappa shape index (κ2) is 9.25. The summed E-state index contributed by atoms with van der Waals surface area (Å²) in [6.45, 7) is 2.01. The smallest absolute Gasteiger partial charge is 0.238 e. The van der Waals surface area contributed by atoms with E-state index in [0.717, 1.165) is 18.4 Å². The number of benzene rings is 3. The number of ether oxygens (including phenoxy) is 1. The zero-order valence-corrected chi connectivity index (χ0v) is 22.5. The van der Waals surface area contributed by atoms with Gasteiger partial charge in [0.25, 0.3) is 0 Å². The first kappa shape index (κ1) is 25.7. The van der Waals surface area contributed by atoms with Crippen LogP contribution < -0.4 is 15.4 Å². The molecule has 1 spiro atoms. The zero-order valence-electron chi connectivity index (χ0n) is 21.0. The van der Waals surface area contributed by atoms with Crippen LogP contribution in [0.25, 0.3) is 0 Å². The number of carbonyl (C=O) groups excluding carboxylic acids is 2. The maximum Gasteiger partial charge on any atom is 0.238 e. The van der Waals surface area contributed by atoms with Crippen LogP contribution in [0, 0.1) is 29.5 Å². The predicted octanol–water partition coefficient (Wildman–Crippen LogP) is 6.36. The molecular formula is C30H24Cl2FN3O3. The number of nitrogens with zero attached hydrogens (tertiary/aromatic N) is 1. The van der Waals surface area contributed by atoms with E-state index in [1.165, 1.54) is 12.1 Å². The molecule has 3 unspecified atom stereocenters. The van der Waals surface area contributed by atoms with Crippen LogP contribution in [0.5, 0.6) is 5.75 Å². The third-order valence-electron chi connectivity index (χ3n) is 8.25. The summed E-state index contributed by atoms with van der Waals surface area (Å²) in [7, 11) is 0. The number of nitrogens with one attached hydrogen (secondary N) is 2. The minimum absolute atomic E-state index is 0.0412. The highest BCUT2D eigenvalue weighted by atomic mass is 35.5. The maximum atomic E-state index is 14.6. The molecule has 1 aliphatic carbocycles. The lowest BCUT2D eigenvalue weighted by Gasteiger charge is -2.47. The fourth-order valence-electron chi connectivity index (χ4n) is 6.02. The molecule has 198 valence electrons. The number of piperidine rings is 1. The molecule has 6 nitrogen and oxygen atoms in total. The van der Waals surface area contributed by atoms with Crippen molar-refractivity contribution in [2.75, 3.05) is 11.9 Å². The Hall–Kier alpha value is -3.60. The molecule has 0 aromatic heterocycles. The highest BCUT2D eigenvalue weighted by Gasteiger charge is 2.62. The van der Waals surface area contributed by atoms with Gasteiger partial charge in [0.05, 0.1) is 17.5 Å². The Bertz CT molecular complexity index is 1580. The van der Waals surface area contributed by atoms with E-state index in [4.69, 9.17) is 27.9 Å². The molecule has 3 atom stereocenters. The van der Waals surface area contributed by atoms with E-state index in [1.807, 2.05) is 6.92 Å². The van der Waals surface area contributed by atoms with Gasteiger partial charge >= 0.3 is 0 Å². The number of fused-ring (bicyclic) bond motifs is 2. The van der Waals surface area contributed by atoms with Gasteiger partial charge < -0.3 is 15.4 Å². The van der Waals surface area contributed by atoms with Gasteiger partial charge in [0.2, 0.25) is 11.8 Å². The molecular weight excluding hydrogens is 540 g/mol. The molecule has 3 aliphatic rings. The van der Waals surface area contributed by atoms with E-state index in [9.17, 15) is 19.2 Å². The van der Waals surface area contributed by atoms with E-state index in [1.54, 1.807) is 42.5 Å². The molecule has 2 heterocycles. The Kier molecular flexibility index (Phi) is 6.09. The molecule has 0 bridgehead atoms. The summed E-state index contributed by atoms with van der Waals surface area (Å²) >= 11 is 12.8. The van der Waals surface area contributed by atoms with Gasteiger partial charge in [-0.15, -0.1) is 0 Å². The fraction of sp³-hybridized carbons (Fsp3) is 0.300. The monoisotopic (exact) mass is 563 g/mol. The quantitative estimate of drug-likeness (QED) is 0.378. The lowest BCUT2D eigenvalue weighted by molar-refractivity contribution is -0.131. The summed E-state index contributed by atoms with van der Waals surface area (Å²) in [6.07, 6.45) is 1.46. The molecule has 2 amide bonds. The molecule has 2 N–H and O–H groups in total. The summed E-state index contributed by atoms with van der Waals surface area (Å²) in [4.78, 5) is 27.6. The number of hydrogen-bond donors (Lipinski definition) is 2. The molecule has 0 radical (unpaired) electrons. The van der Waals surface area contributed by atoms with Crippen molar-refractivity contribution in [2.24, 2.45) is 5.41 Å². The van der Waals surface area contributed by atoms with Gasteiger partial charge in [0.15, 0.2) is 0 Å². The van der Waals surface area contributed by atoms with Crippen LogP contribution >= 0.6 is 23.2 Å². The number of halogens is 3. The fourth-order valence-corrected chi connectivity index (χ4v) is 6.37. The van der Waals surface area contributed by atoms with Crippen molar-refractivity contribution in [1.82, 2.24) is 5.32 Å². The number of hydrogen-bond acceptors (Lipinski definition) is 4. The molecule has 9 heteroatoms. The lowest BCUT2D eigenvalue weighted by atomic mass is 9.59. The van der Waals surface area contributed by atoms with E-state index in [2.05, 4.69) is 16.7 Å². The highest BCUT2D eigenvalue weighted by molar-refractivity contribution is 6.31. The van der Waals surface area contributed by atoms with Crippen molar-refractivity contribution in [3.05, 3.63) is 92.7 Å². The van der Waals surface area contributed by atoms with Gasteiger partial charge in [0.1, 0.15) is 23.6 Å². The Labute approximate surface area is 235 Å². The second-order valence-electron chi connectivity index (χ2n) is 10.6.